The topological polar surface area (TPSA) is 105 Å². The molecule has 6 nitrogen and oxygen atoms in total. The van der Waals surface area contributed by atoms with Crippen LogP contribution in [0.15, 0.2) is 18.3 Å². The Balaban J connectivity index is 2.53. The number of aliphatic carboxylic acids is 1. The molecule has 1 aromatic heterocycles. The Hall–Kier alpha value is -1.95. The molecule has 0 bridgehead atoms. The summed E-state index contributed by atoms with van der Waals surface area (Å²) in [6, 6.07) is 3.21. The van der Waals surface area contributed by atoms with Gasteiger partial charge in [-0.1, -0.05) is 6.92 Å². The number of rotatable bonds is 6. The number of carbonyl (C=O) groups is 2. The zero-order chi connectivity index (χ0) is 13.5. The fraction of sp³-hybridized carbons (Fsp3) is 0.417. The van der Waals surface area contributed by atoms with E-state index in [1.165, 1.54) is 6.20 Å². The minimum Gasteiger partial charge on any atom is -0.481 e. The van der Waals surface area contributed by atoms with Crippen molar-refractivity contribution < 1.29 is 14.7 Å². The minimum atomic E-state index is -0.934. The number of carboxylic acid groups (broad SMARTS) is 1. The molecule has 0 saturated heterocycles. The van der Waals surface area contributed by atoms with Crippen LogP contribution in [0.1, 0.15) is 19.0 Å². The molecule has 0 saturated carbocycles. The first-order valence-electron chi connectivity index (χ1n) is 5.68. The van der Waals surface area contributed by atoms with E-state index in [0.717, 1.165) is 0 Å². The summed E-state index contributed by atoms with van der Waals surface area (Å²) in [6.07, 6.45) is 1.68. The minimum absolute atomic E-state index is 0.124. The maximum Gasteiger partial charge on any atom is 0.309 e. The van der Waals surface area contributed by atoms with Gasteiger partial charge in [0.05, 0.1) is 24.0 Å². The molecule has 0 fully saturated rings. The Kier molecular flexibility index (Phi) is 5.26. The second-order valence-electron chi connectivity index (χ2n) is 4.20. The highest BCUT2D eigenvalue weighted by Gasteiger charge is 2.08. The largest absolute Gasteiger partial charge is 0.481 e. The summed E-state index contributed by atoms with van der Waals surface area (Å²) in [7, 11) is 0. The number of nitrogens with one attached hydrogen (secondary N) is 1. The van der Waals surface area contributed by atoms with Crippen molar-refractivity contribution in [3.05, 3.63) is 24.0 Å². The molecule has 0 aliphatic rings. The van der Waals surface area contributed by atoms with Gasteiger partial charge in [-0.3, -0.25) is 14.6 Å². The third kappa shape index (κ3) is 4.92. The summed E-state index contributed by atoms with van der Waals surface area (Å²) >= 11 is 0. The predicted molar refractivity (Wildman–Crippen MR) is 67.0 cm³/mol. The normalized spacial score (nSPS) is 11.9. The Morgan fingerprint density at radius 2 is 2.22 bits per heavy atom. The second kappa shape index (κ2) is 6.70. The van der Waals surface area contributed by atoms with Crippen LogP contribution in [-0.4, -0.2) is 28.5 Å². The van der Waals surface area contributed by atoms with Crippen LogP contribution in [-0.2, 0) is 16.0 Å². The van der Waals surface area contributed by atoms with Crippen molar-refractivity contribution in [1.82, 2.24) is 4.98 Å². The van der Waals surface area contributed by atoms with Crippen molar-refractivity contribution >= 4 is 17.6 Å². The summed E-state index contributed by atoms with van der Waals surface area (Å²) in [5.41, 5.74) is 6.44. The molecule has 1 heterocycles. The number of nitrogens with zero attached hydrogens (tertiary/aromatic N) is 1. The first-order chi connectivity index (χ1) is 8.51. The van der Waals surface area contributed by atoms with E-state index in [2.05, 4.69) is 10.3 Å². The number of carboxylic acids is 1. The predicted octanol–water partition coefficient (Wildman–Crippen LogP) is 0.632. The zero-order valence-electron chi connectivity index (χ0n) is 10.2. The molecule has 0 aliphatic carbocycles. The van der Waals surface area contributed by atoms with Gasteiger partial charge in [-0.25, -0.2) is 0 Å². The van der Waals surface area contributed by atoms with Gasteiger partial charge in [0.15, 0.2) is 0 Å². The number of nitrogens with two attached hydrogens (primary N) is 1. The Bertz CT molecular complexity index is 417. The Labute approximate surface area is 105 Å². The lowest BCUT2D eigenvalue weighted by molar-refractivity contribution is -0.136. The highest BCUT2D eigenvalue weighted by atomic mass is 16.4. The quantitative estimate of drug-likeness (QED) is 0.687. The number of carbonyl (C=O) groups excluding carboxylic acids is 1. The van der Waals surface area contributed by atoms with Crippen molar-refractivity contribution in [2.24, 2.45) is 11.7 Å². The third-order valence-electron chi connectivity index (χ3n) is 2.38. The van der Waals surface area contributed by atoms with Gasteiger partial charge in [-0.15, -0.1) is 0 Å². The van der Waals surface area contributed by atoms with Gasteiger partial charge in [-0.05, 0) is 24.6 Å². The van der Waals surface area contributed by atoms with E-state index >= 15 is 0 Å². The number of anilines is 1. The van der Waals surface area contributed by atoms with Crippen molar-refractivity contribution in [3.8, 4) is 0 Å². The van der Waals surface area contributed by atoms with Crippen LogP contribution >= 0.6 is 0 Å². The highest BCUT2D eigenvalue weighted by Crippen LogP contribution is 2.09. The maximum absolute atomic E-state index is 11.6. The second-order valence-corrected chi connectivity index (χ2v) is 4.20. The molecule has 18 heavy (non-hydrogen) atoms. The standard InChI is InChI=1S/C12H17N3O3/c1-8(6-13)4-11(16)15-10-3-2-9(14-7-10)5-12(17)18/h2-3,7-8H,4-6,13H2,1H3,(H,15,16)(H,17,18). The summed E-state index contributed by atoms with van der Waals surface area (Å²) in [5.74, 6) is -0.930. The Morgan fingerprint density at radius 1 is 1.50 bits per heavy atom. The third-order valence-corrected chi connectivity index (χ3v) is 2.38. The van der Waals surface area contributed by atoms with Crippen molar-refractivity contribution in [2.75, 3.05) is 11.9 Å². The average Bonchev–Trinajstić information content (AvgIpc) is 2.30. The SMILES string of the molecule is CC(CN)CC(=O)Nc1ccc(CC(=O)O)nc1. The number of aromatic nitrogens is 1. The lowest BCUT2D eigenvalue weighted by Gasteiger charge is -2.09. The van der Waals surface area contributed by atoms with Crippen molar-refractivity contribution in [1.29, 1.82) is 0 Å². The summed E-state index contributed by atoms with van der Waals surface area (Å²) in [5, 5.41) is 11.3. The molecule has 0 aromatic carbocycles. The van der Waals surface area contributed by atoms with E-state index in [4.69, 9.17) is 10.8 Å². The van der Waals surface area contributed by atoms with Crippen LogP contribution in [0.3, 0.4) is 0 Å². The Morgan fingerprint density at radius 3 is 2.72 bits per heavy atom. The zero-order valence-corrected chi connectivity index (χ0v) is 10.2. The number of amides is 1. The highest BCUT2D eigenvalue weighted by molar-refractivity contribution is 5.90. The van der Waals surface area contributed by atoms with Crippen LogP contribution in [0.25, 0.3) is 0 Å². The number of pyridine rings is 1. The molecule has 4 N–H and O–H groups in total. The van der Waals surface area contributed by atoms with Gasteiger partial charge in [0, 0.05) is 6.42 Å². The van der Waals surface area contributed by atoms with Gasteiger partial charge in [-0.2, -0.15) is 0 Å². The summed E-state index contributed by atoms with van der Waals surface area (Å²) in [6.45, 7) is 2.36. The molecule has 1 rings (SSSR count). The monoisotopic (exact) mass is 251 g/mol. The number of hydrogen-bond donors (Lipinski definition) is 3. The molecule has 1 atom stereocenters. The summed E-state index contributed by atoms with van der Waals surface area (Å²) < 4.78 is 0. The fourth-order valence-corrected chi connectivity index (χ4v) is 1.37. The van der Waals surface area contributed by atoms with Crippen LogP contribution in [0.4, 0.5) is 5.69 Å². The van der Waals surface area contributed by atoms with E-state index in [0.29, 0.717) is 24.3 Å². The first-order valence-corrected chi connectivity index (χ1v) is 5.68. The van der Waals surface area contributed by atoms with Crippen LogP contribution < -0.4 is 11.1 Å². The fourth-order valence-electron chi connectivity index (χ4n) is 1.37. The molecule has 1 unspecified atom stereocenters. The van der Waals surface area contributed by atoms with Crippen molar-refractivity contribution in [2.45, 2.75) is 19.8 Å². The van der Waals surface area contributed by atoms with Gasteiger partial charge in [0.25, 0.3) is 0 Å². The number of hydrogen-bond acceptors (Lipinski definition) is 4. The van der Waals surface area contributed by atoms with Crippen LogP contribution in [0.2, 0.25) is 0 Å². The molecule has 1 amide bonds. The summed E-state index contributed by atoms with van der Waals surface area (Å²) in [4.78, 5) is 26.0. The van der Waals surface area contributed by atoms with Gasteiger partial charge in [0.2, 0.25) is 5.91 Å². The van der Waals surface area contributed by atoms with E-state index in [9.17, 15) is 9.59 Å². The maximum atomic E-state index is 11.6. The van der Waals surface area contributed by atoms with Crippen LogP contribution in [0.5, 0.6) is 0 Å². The van der Waals surface area contributed by atoms with Crippen molar-refractivity contribution in [3.63, 3.8) is 0 Å². The molecular weight excluding hydrogens is 234 g/mol. The molecule has 6 heteroatoms. The van der Waals surface area contributed by atoms with Gasteiger partial charge in [0.1, 0.15) is 0 Å². The smallest absolute Gasteiger partial charge is 0.309 e. The van der Waals surface area contributed by atoms with E-state index < -0.39 is 5.97 Å². The molecule has 0 radical (unpaired) electrons. The molecule has 1 aromatic rings. The van der Waals surface area contributed by atoms with Gasteiger partial charge >= 0.3 is 5.97 Å². The van der Waals surface area contributed by atoms with Crippen LogP contribution in [0, 0.1) is 5.92 Å². The lowest BCUT2D eigenvalue weighted by atomic mass is 10.1. The first kappa shape index (κ1) is 14.1. The lowest BCUT2D eigenvalue weighted by Crippen LogP contribution is -2.20. The van der Waals surface area contributed by atoms with E-state index in [-0.39, 0.29) is 18.2 Å². The molecular formula is C12H17N3O3. The van der Waals surface area contributed by atoms with Gasteiger partial charge < -0.3 is 16.2 Å². The van der Waals surface area contributed by atoms with E-state index in [1.807, 2.05) is 6.92 Å². The van der Waals surface area contributed by atoms with E-state index in [1.54, 1.807) is 12.1 Å². The average molecular weight is 251 g/mol. The molecule has 0 spiro atoms. The molecule has 98 valence electrons. The molecule has 0 aliphatic heterocycles.